The second-order valence-corrected chi connectivity index (χ2v) is 13.6. The van der Waals surface area contributed by atoms with Crippen LogP contribution in [-0.2, 0) is 32.6 Å². The Labute approximate surface area is 271 Å². The van der Waals surface area contributed by atoms with E-state index < -0.39 is 28.5 Å². The third-order valence-electron chi connectivity index (χ3n) is 7.61. The van der Waals surface area contributed by atoms with Crippen LogP contribution in [0.15, 0.2) is 102 Å². The number of halogens is 1. The monoisotopic (exact) mass is 645 g/mol. The lowest BCUT2D eigenvalue weighted by Crippen LogP contribution is -2.53. The minimum Gasteiger partial charge on any atom is -0.354 e. The summed E-state index contributed by atoms with van der Waals surface area (Å²) in [7, 11) is -4.19. The SMILES string of the molecule is CCCNC(=O)[C@H](Cc1ccccc1)N(Cc1ccc(C)cc1)C(=O)CN(c1ccc(Cl)cc1C)S(=O)(=O)c1ccc(C)cc1. The van der Waals surface area contributed by atoms with E-state index in [4.69, 9.17) is 11.6 Å². The molecule has 0 aromatic heterocycles. The Kier molecular flexibility index (Phi) is 11.4. The van der Waals surface area contributed by atoms with Gasteiger partial charge in [0, 0.05) is 24.5 Å². The normalized spacial score (nSPS) is 11.9. The second-order valence-electron chi connectivity index (χ2n) is 11.3. The molecule has 2 amide bonds. The van der Waals surface area contributed by atoms with Crippen LogP contribution in [-0.4, -0.2) is 44.3 Å². The van der Waals surface area contributed by atoms with Gasteiger partial charge in [0.1, 0.15) is 12.6 Å². The van der Waals surface area contributed by atoms with Gasteiger partial charge in [-0.05, 0) is 74.2 Å². The van der Waals surface area contributed by atoms with Crippen LogP contribution >= 0.6 is 11.6 Å². The van der Waals surface area contributed by atoms with Crippen molar-refractivity contribution in [1.29, 1.82) is 0 Å². The molecule has 1 N–H and O–H groups in total. The lowest BCUT2D eigenvalue weighted by atomic mass is 10.0. The first kappa shape index (κ1) is 33.7. The number of carbonyl (C=O) groups excluding carboxylic acids is 2. The Morgan fingerprint density at radius 3 is 2.04 bits per heavy atom. The molecule has 9 heteroatoms. The number of sulfonamides is 1. The van der Waals surface area contributed by atoms with E-state index in [1.807, 2.05) is 75.4 Å². The summed E-state index contributed by atoms with van der Waals surface area (Å²) in [4.78, 5) is 29.8. The summed E-state index contributed by atoms with van der Waals surface area (Å²) >= 11 is 6.24. The molecule has 0 saturated heterocycles. The molecule has 4 aromatic rings. The van der Waals surface area contributed by atoms with Gasteiger partial charge >= 0.3 is 0 Å². The van der Waals surface area contributed by atoms with E-state index in [9.17, 15) is 18.0 Å². The van der Waals surface area contributed by atoms with Gasteiger partial charge in [0.15, 0.2) is 0 Å². The van der Waals surface area contributed by atoms with E-state index in [1.54, 1.807) is 37.3 Å². The zero-order valence-corrected chi connectivity index (χ0v) is 27.7. The summed E-state index contributed by atoms with van der Waals surface area (Å²) in [5.41, 5.74) is 4.60. The number of anilines is 1. The molecule has 4 aromatic carbocycles. The molecule has 4 rings (SSSR count). The molecule has 7 nitrogen and oxygen atoms in total. The van der Waals surface area contributed by atoms with Gasteiger partial charge in [-0.25, -0.2) is 8.42 Å². The third-order valence-corrected chi connectivity index (χ3v) is 9.62. The molecule has 236 valence electrons. The van der Waals surface area contributed by atoms with E-state index in [0.717, 1.165) is 33.0 Å². The predicted octanol–water partition coefficient (Wildman–Crippen LogP) is 6.63. The Balaban J connectivity index is 1.81. The highest BCUT2D eigenvalue weighted by molar-refractivity contribution is 7.92. The Morgan fingerprint density at radius 2 is 1.44 bits per heavy atom. The van der Waals surface area contributed by atoms with E-state index in [0.29, 0.717) is 22.8 Å². The van der Waals surface area contributed by atoms with Crippen LogP contribution in [0.5, 0.6) is 0 Å². The van der Waals surface area contributed by atoms with Crippen molar-refractivity contribution in [3.63, 3.8) is 0 Å². The fourth-order valence-corrected chi connectivity index (χ4v) is 6.77. The van der Waals surface area contributed by atoms with Crippen molar-refractivity contribution in [1.82, 2.24) is 10.2 Å². The molecular weight excluding hydrogens is 606 g/mol. The van der Waals surface area contributed by atoms with E-state index in [-0.39, 0.29) is 23.8 Å². The van der Waals surface area contributed by atoms with Crippen molar-refractivity contribution in [2.24, 2.45) is 0 Å². The van der Waals surface area contributed by atoms with Gasteiger partial charge in [0.05, 0.1) is 10.6 Å². The van der Waals surface area contributed by atoms with E-state index in [2.05, 4.69) is 5.32 Å². The van der Waals surface area contributed by atoms with Crippen LogP contribution in [0.1, 0.15) is 41.2 Å². The predicted molar refractivity (Wildman–Crippen MR) is 181 cm³/mol. The van der Waals surface area contributed by atoms with Crippen molar-refractivity contribution < 1.29 is 18.0 Å². The van der Waals surface area contributed by atoms with Gasteiger partial charge in [-0.15, -0.1) is 0 Å². The van der Waals surface area contributed by atoms with Gasteiger partial charge < -0.3 is 10.2 Å². The van der Waals surface area contributed by atoms with E-state index in [1.165, 1.54) is 17.0 Å². The summed E-state index contributed by atoms with van der Waals surface area (Å²) in [6, 6.07) is 27.8. The smallest absolute Gasteiger partial charge is 0.264 e. The van der Waals surface area contributed by atoms with E-state index >= 15 is 0 Å². The van der Waals surface area contributed by atoms with Crippen LogP contribution < -0.4 is 9.62 Å². The maximum Gasteiger partial charge on any atom is 0.264 e. The quantitative estimate of drug-likeness (QED) is 0.177. The van der Waals surface area contributed by atoms with Crippen molar-refractivity contribution in [3.8, 4) is 0 Å². The molecule has 0 fully saturated rings. The topological polar surface area (TPSA) is 86.8 Å². The zero-order valence-electron chi connectivity index (χ0n) is 26.2. The maximum absolute atomic E-state index is 14.5. The van der Waals surface area contributed by atoms with Gasteiger partial charge in [-0.1, -0.05) is 96.4 Å². The Hall–Kier alpha value is -4.14. The van der Waals surface area contributed by atoms with Crippen molar-refractivity contribution >= 4 is 39.1 Å². The molecule has 0 saturated carbocycles. The average Bonchev–Trinajstić information content (AvgIpc) is 3.02. The number of nitrogens with one attached hydrogen (secondary N) is 1. The molecule has 0 radical (unpaired) electrons. The second kappa shape index (κ2) is 15.2. The largest absolute Gasteiger partial charge is 0.354 e. The van der Waals surface area contributed by atoms with Crippen LogP contribution in [0.25, 0.3) is 0 Å². The number of aryl methyl sites for hydroxylation is 3. The first-order valence-electron chi connectivity index (χ1n) is 15.0. The summed E-state index contributed by atoms with van der Waals surface area (Å²) in [6.45, 7) is 7.62. The molecule has 0 aliphatic carbocycles. The Bertz CT molecular complexity index is 1710. The first-order valence-corrected chi connectivity index (χ1v) is 16.8. The molecule has 0 spiro atoms. The highest BCUT2D eigenvalue weighted by atomic mass is 35.5. The fraction of sp³-hybridized carbons (Fsp3) is 0.278. The number of hydrogen-bond donors (Lipinski definition) is 1. The van der Waals surface area contributed by atoms with Crippen LogP contribution in [0.3, 0.4) is 0 Å². The van der Waals surface area contributed by atoms with Crippen LogP contribution in [0.2, 0.25) is 5.02 Å². The zero-order chi connectivity index (χ0) is 32.6. The maximum atomic E-state index is 14.5. The van der Waals surface area contributed by atoms with Crippen molar-refractivity contribution in [2.45, 2.75) is 58.0 Å². The van der Waals surface area contributed by atoms with Crippen molar-refractivity contribution in [2.75, 3.05) is 17.4 Å². The van der Waals surface area contributed by atoms with Gasteiger partial charge in [0.25, 0.3) is 10.0 Å². The number of rotatable bonds is 13. The van der Waals surface area contributed by atoms with Crippen molar-refractivity contribution in [3.05, 3.63) is 130 Å². The average molecular weight is 646 g/mol. The summed E-state index contributed by atoms with van der Waals surface area (Å²) in [5, 5.41) is 3.42. The minimum absolute atomic E-state index is 0.0573. The molecule has 0 unspecified atom stereocenters. The summed E-state index contributed by atoms with van der Waals surface area (Å²) < 4.78 is 29.6. The molecular formula is C36H40ClN3O4S. The fourth-order valence-electron chi connectivity index (χ4n) is 5.06. The number of carbonyl (C=O) groups is 2. The number of amides is 2. The standard InChI is InChI=1S/C36H40ClN3O4S/c1-5-21-38-36(42)34(23-29-9-7-6-8-10-29)39(24-30-15-11-26(2)12-16-30)35(41)25-40(33-20-17-31(37)22-28(33)4)45(43,44)32-18-13-27(3)14-19-32/h6-20,22,34H,5,21,23-25H2,1-4H3,(H,38,42)/t34-/m0/s1. The molecule has 0 aliphatic rings. The molecule has 1 atom stereocenters. The lowest BCUT2D eigenvalue weighted by Gasteiger charge is -2.34. The highest BCUT2D eigenvalue weighted by Gasteiger charge is 2.35. The van der Waals surface area contributed by atoms with Crippen LogP contribution in [0.4, 0.5) is 5.69 Å². The highest BCUT2D eigenvalue weighted by Crippen LogP contribution is 2.30. The lowest BCUT2D eigenvalue weighted by molar-refractivity contribution is -0.140. The molecule has 45 heavy (non-hydrogen) atoms. The number of benzene rings is 4. The summed E-state index contributed by atoms with van der Waals surface area (Å²) in [5.74, 6) is -0.801. The van der Waals surface area contributed by atoms with Gasteiger partial charge in [0.2, 0.25) is 11.8 Å². The first-order chi connectivity index (χ1) is 21.5. The molecule has 0 aliphatic heterocycles. The third kappa shape index (κ3) is 8.74. The van der Waals surface area contributed by atoms with Crippen LogP contribution in [0, 0.1) is 20.8 Å². The minimum atomic E-state index is -4.19. The number of hydrogen-bond acceptors (Lipinski definition) is 4. The molecule has 0 heterocycles. The van der Waals surface area contributed by atoms with Gasteiger partial charge in [-0.3, -0.25) is 13.9 Å². The Morgan fingerprint density at radius 1 is 0.822 bits per heavy atom. The summed E-state index contributed by atoms with van der Waals surface area (Å²) in [6.07, 6.45) is 0.993. The van der Waals surface area contributed by atoms with Gasteiger partial charge in [-0.2, -0.15) is 0 Å². The molecule has 0 bridgehead atoms. The number of nitrogens with zero attached hydrogens (tertiary/aromatic N) is 2.